The van der Waals surface area contributed by atoms with Crippen molar-refractivity contribution in [1.82, 2.24) is 0 Å². The number of para-hydroxylation sites is 1. The minimum Gasteiger partial charge on any atom is -0.369 e. The second-order valence-electron chi connectivity index (χ2n) is 3.24. The van der Waals surface area contributed by atoms with Gasteiger partial charge in [0.15, 0.2) is 0 Å². The fourth-order valence-electron chi connectivity index (χ4n) is 1.53. The highest BCUT2D eigenvalue weighted by Gasteiger charge is 2.26. The van der Waals surface area contributed by atoms with Crippen molar-refractivity contribution in [3.05, 3.63) is 30.3 Å². The summed E-state index contributed by atoms with van der Waals surface area (Å²) in [6.45, 7) is 1.51. The van der Waals surface area contributed by atoms with E-state index >= 15 is 0 Å². The molecule has 2 rings (SSSR count). The van der Waals surface area contributed by atoms with E-state index in [1.54, 1.807) is 4.90 Å². The van der Waals surface area contributed by atoms with E-state index in [1.807, 2.05) is 30.3 Å². The van der Waals surface area contributed by atoms with Gasteiger partial charge in [0.25, 0.3) is 0 Å². The summed E-state index contributed by atoms with van der Waals surface area (Å²) in [5.41, 5.74) is 0.814. The summed E-state index contributed by atoms with van der Waals surface area (Å²) < 4.78 is 0. The van der Waals surface area contributed by atoms with E-state index in [1.165, 1.54) is 6.92 Å². The maximum absolute atomic E-state index is 11.5. The third-order valence-corrected chi connectivity index (χ3v) is 2.17. The molecule has 0 aromatic heterocycles. The van der Waals surface area contributed by atoms with Crippen LogP contribution >= 0.6 is 0 Å². The Bertz CT molecular complexity index is 367. The Labute approximate surface area is 88.1 Å². The first-order chi connectivity index (χ1) is 7.29. The molecule has 77 valence electrons. The molecule has 1 amide bonds. The van der Waals surface area contributed by atoms with Gasteiger partial charge >= 0.3 is 0 Å². The van der Waals surface area contributed by atoms with E-state index in [0.29, 0.717) is 6.42 Å². The van der Waals surface area contributed by atoms with Crippen LogP contribution < -0.4 is 4.90 Å². The van der Waals surface area contributed by atoms with Crippen molar-refractivity contribution in [1.29, 1.82) is 0 Å². The molecule has 0 bridgehead atoms. The second-order valence-corrected chi connectivity index (χ2v) is 3.24. The number of carbonyl (C=O) groups is 1. The molecule has 1 atom stereocenters. The number of hydrogen-bond donors (Lipinski definition) is 0. The number of carbonyl (C=O) groups excluding carboxylic acids is 1. The topological polar surface area (TPSA) is 41.9 Å². The van der Waals surface area contributed by atoms with E-state index < -0.39 is 0 Å². The largest absolute Gasteiger partial charge is 0.369 e. The molecule has 4 nitrogen and oxygen atoms in total. The highest BCUT2D eigenvalue weighted by Crippen LogP contribution is 2.20. The van der Waals surface area contributed by atoms with Crippen molar-refractivity contribution in [2.45, 2.75) is 19.6 Å². The Morgan fingerprint density at radius 2 is 2.27 bits per heavy atom. The summed E-state index contributed by atoms with van der Waals surface area (Å²) in [4.78, 5) is 18.1. The third kappa shape index (κ3) is 1.98. The van der Waals surface area contributed by atoms with Gasteiger partial charge in [0.1, 0.15) is 6.21 Å². The summed E-state index contributed by atoms with van der Waals surface area (Å²) >= 11 is 0. The molecule has 15 heavy (non-hydrogen) atoms. The van der Waals surface area contributed by atoms with Crippen LogP contribution in [0.15, 0.2) is 35.5 Å². The molecule has 0 aliphatic carbocycles. The van der Waals surface area contributed by atoms with Gasteiger partial charge in [-0.25, -0.2) is 0 Å². The number of benzene rings is 1. The van der Waals surface area contributed by atoms with Gasteiger partial charge < -0.3 is 4.84 Å². The summed E-state index contributed by atoms with van der Waals surface area (Å²) in [6.07, 6.45) is 2.84. The Hall–Kier alpha value is -1.84. The minimum absolute atomic E-state index is 0.0647. The predicted molar refractivity (Wildman–Crippen MR) is 56.5 cm³/mol. The lowest BCUT2D eigenvalue weighted by molar-refractivity contribution is -0.119. The third-order valence-electron chi connectivity index (χ3n) is 2.17. The van der Waals surface area contributed by atoms with Gasteiger partial charge in [0.05, 0.1) is 6.42 Å². The molecule has 0 spiro atoms. The highest BCUT2D eigenvalue weighted by atomic mass is 16.7. The zero-order chi connectivity index (χ0) is 10.7. The SMILES string of the molecule is CC(=O)N(c1ccccc1)C1C[C]=NO1. The number of hydrogen-bond acceptors (Lipinski definition) is 3. The molecule has 1 aliphatic heterocycles. The van der Waals surface area contributed by atoms with Crippen LogP contribution in [0.5, 0.6) is 0 Å². The first kappa shape index (κ1) is 9.71. The number of nitrogens with zero attached hydrogens (tertiary/aromatic N) is 2. The van der Waals surface area contributed by atoms with E-state index in [-0.39, 0.29) is 12.1 Å². The maximum Gasteiger partial charge on any atom is 0.226 e. The standard InChI is InChI=1S/C11H11N2O2/c1-9(14)13(11-7-8-12-15-11)10-5-3-2-4-6-10/h2-6,11H,7H2,1H3. The fraction of sp³-hybridized carbons (Fsp3) is 0.273. The minimum atomic E-state index is -0.357. The molecular weight excluding hydrogens is 192 g/mol. The van der Waals surface area contributed by atoms with Gasteiger partial charge in [-0.1, -0.05) is 23.4 Å². The highest BCUT2D eigenvalue weighted by molar-refractivity contribution is 5.92. The van der Waals surface area contributed by atoms with Crippen molar-refractivity contribution >= 4 is 17.8 Å². The number of amides is 1. The van der Waals surface area contributed by atoms with Gasteiger partial charge in [0.2, 0.25) is 12.1 Å². The van der Waals surface area contributed by atoms with Gasteiger partial charge in [-0.3, -0.25) is 9.69 Å². The number of anilines is 1. The van der Waals surface area contributed by atoms with Crippen LogP contribution in [0.1, 0.15) is 13.3 Å². The smallest absolute Gasteiger partial charge is 0.226 e. The Morgan fingerprint density at radius 3 is 2.80 bits per heavy atom. The summed E-state index contributed by atoms with van der Waals surface area (Å²) in [7, 11) is 0. The quantitative estimate of drug-likeness (QED) is 0.733. The molecule has 1 aromatic rings. The van der Waals surface area contributed by atoms with Crippen molar-refractivity contribution in [2.75, 3.05) is 4.90 Å². The van der Waals surface area contributed by atoms with Gasteiger partial charge in [-0.05, 0) is 12.1 Å². The summed E-state index contributed by atoms with van der Waals surface area (Å²) in [5, 5.41) is 3.55. The van der Waals surface area contributed by atoms with Gasteiger partial charge in [0, 0.05) is 12.6 Å². The Kier molecular flexibility index (Phi) is 2.67. The molecule has 1 heterocycles. The van der Waals surface area contributed by atoms with Crippen LogP contribution in [0.3, 0.4) is 0 Å². The van der Waals surface area contributed by atoms with Gasteiger partial charge in [-0.15, -0.1) is 0 Å². The Morgan fingerprint density at radius 1 is 1.53 bits per heavy atom. The zero-order valence-corrected chi connectivity index (χ0v) is 8.38. The molecule has 0 fully saturated rings. The molecular formula is C11H11N2O2. The van der Waals surface area contributed by atoms with Crippen LogP contribution in [-0.4, -0.2) is 18.3 Å². The van der Waals surface area contributed by atoms with E-state index in [4.69, 9.17) is 4.84 Å². The van der Waals surface area contributed by atoms with Crippen molar-refractivity contribution in [2.24, 2.45) is 5.16 Å². The monoisotopic (exact) mass is 203 g/mol. The summed E-state index contributed by atoms with van der Waals surface area (Å²) in [5.74, 6) is -0.0647. The molecule has 1 radical (unpaired) electrons. The van der Waals surface area contributed by atoms with E-state index in [9.17, 15) is 4.79 Å². The van der Waals surface area contributed by atoms with Crippen LogP contribution in [-0.2, 0) is 9.63 Å². The molecule has 4 heteroatoms. The maximum atomic E-state index is 11.5. The first-order valence-corrected chi connectivity index (χ1v) is 4.72. The van der Waals surface area contributed by atoms with Crippen LogP contribution in [0.25, 0.3) is 0 Å². The molecule has 0 saturated carbocycles. The molecule has 0 saturated heterocycles. The van der Waals surface area contributed by atoms with Gasteiger partial charge in [-0.2, -0.15) is 0 Å². The molecule has 1 unspecified atom stereocenters. The zero-order valence-electron chi connectivity index (χ0n) is 8.38. The summed E-state index contributed by atoms with van der Waals surface area (Å²) in [6, 6.07) is 9.39. The number of rotatable bonds is 2. The average Bonchev–Trinajstić information content (AvgIpc) is 2.72. The van der Waals surface area contributed by atoms with Crippen LogP contribution in [0.4, 0.5) is 5.69 Å². The predicted octanol–water partition coefficient (Wildman–Crippen LogP) is 1.65. The van der Waals surface area contributed by atoms with Crippen molar-refractivity contribution in [3.8, 4) is 0 Å². The van der Waals surface area contributed by atoms with E-state index in [0.717, 1.165) is 5.69 Å². The lowest BCUT2D eigenvalue weighted by atomic mass is 10.2. The van der Waals surface area contributed by atoms with Crippen LogP contribution in [0, 0.1) is 0 Å². The lowest BCUT2D eigenvalue weighted by Crippen LogP contribution is -2.38. The van der Waals surface area contributed by atoms with Crippen molar-refractivity contribution < 1.29 is 9.63 Å². The van der Waals surface area contributed by atoms with E-state index in [2.05, 4.69) is 11.4 Å². The normalized spacial score (nSPS) is 18.6. The lowest BCUT2D eigenvalue weighted by Gasteiger charge is -2.25. The second kappa shape index (κ2) is 4.13. The average molecular weight is 203 g/mol. The van der Waals surface area contributed by atoms with Crippen LogP contribution in [0.2, 0.25) is 0 Å². The molecule has 1 aliphatic rings. The molecule has 0 N–H and O–H groups in total. The Balaban J connectivity index is 2.24. The molecule has 1 aromatic carbocycles. The first-order valence-electron chi connectivity index (χ1n) is 4.72. The fourth-order valence-corrected chi connectivity index (χ4v) is 1.53. The van der Waals surface area contributed by atoms with Crippen molar-refractivity contribution in [3.63, 3.8) is 0 Å².